The number of carbonyl (C=O) groups is 1. The van der Waals surface area contributed by atoms with Crippen LogP contribution < -0.4 is 5.32 Å². The average Bonchev–Trinajstić information content (AvgIpc) is 3.48. The lowest BCUT2D eigenvalue weighted by Crippen LogP contribution is -2.35. The lowest BCUT2D eigenvalue weighted by atomic mass is 9.77. The summed E-state index contributed by atoms with van der Waals surface area (Å²) < 4.78 is 0. The minimum absolute atomic E-state index is 0.00562. The van der Waals surface area contributed by atoms with Gasteiger partial charge in [-0.15, -0.1) is 0 Å². The Morgan fingerprint density at radius 2 is 1.97 bits per heavy atom. The van der Waals surface area contributed by atoms with Gasteiger partial charge >= 0.3 is 0 Å². The van der Waals surface area contributed by atoms with Gasteiger partial charge in [0.15, 0.2) is 0 Å². The van der Waals surface area contributed by atoms with Crippen molar-refractivity contribution in [3.05, 3.63) is 53.2 Å². The van der Waals surface area contributed by atoms with Crippen LogP contribution in [0.1, 0.15) is 54.2 Å². The summed E-state index contributed by atoms with van der Waals surface area (Å²) in [6, 6.07) is 13.0. The van der Waals surface area contributed by atoms with E-state index in [-0.39, 0.29) is 36.0 Å². The summed E-state index contributed by atoms with van der Waals surface area (Å²) in [5.41, 5.74) is 3.74. The zero-order valence-corrected chi connectivity index (χ0v) is 16.0. The molecule has 1 spiro atoms. The first-order valence-electron chi connectivity index (χ1n) is 10.2. The Bertz CT molecular complexity index is 1070. The van der Waals surface area contributed by atoms with Gasteiger partial charge in [-0.25, -0.2) is 0 Å². The molecule has 29 heavy (non-hydrogen) atoms. The first-order chi connectivity index (χ1) is 14.2. The van der Waals surface area contributed by atoms with Gasteiger partial charge in [0.05, 0.1) is 18.4 Å². The summed E-state index contributed by atoms with van der Waals surface area (Å²) in [6.45, 7) is 1.68. The zero-order valence-electron chi connectivity index (χ0n) is 16.0. The lowest BCUT2D eigenvalue weighted by molar-refractivity contribution is -0.132. The highest BCUT2D eigenvalue weighted by Crippen LogP contribution is 2.68. The summed E-state index contributed by atoms with van der Waals surface area (Å²) in [7, 11) is 0. The number of nitriles is 1. The first kappa shape index (κ1) is 16.8. The summed E-state index contributed by atoms with van der Waals surface area (Å²) in [5, 5.41) is 12.3. The van der Waals surface area contributed by atoms with E-state index in [9.17, 15) is 4.79 Å². The van der Waals surface area contributed by atoms with Crippen LogP contribution in [0.25, 0.3) is 0 Å². The SMILES string of the molecule is N#CCC(=O)N1CCC23CCN(C4N=CNc5[nH]ccc54)C2c2ccccc2C13. The molecule has 0 saturated carbocycles. The lowest BCUT2D eigenvalue weighted by Gasteiger charge is -2.36. The number of fused-ring (bicyclic) bond motifs is 4. The fourth-order valence-electron chi connectivity index (χ4n) is 6.30. The third kappa shape index (κ3) is 2.10. The number of anilines is 1. The summed E-state index contributed by atoms with van der Waals surface area (Å²) in [4.78, 5) is 25.3. The second-order valence-corrected chi connectivity index (χ2v) is 8.43. The Balaban J connectivity index is 1.45. The van der Waals surface area contributed by atoms with Gasteiger partial charge in [-0.3, -0.25) is 14.7 Å². The summed E-state index contributed by atoms with van der Waals surface area (Å²) in [6.07, 6.45) is 5.66. The number of benzene rings is 1. The third-order valence-electron chi connectivity index (χ3n) is 7.32. The number of hydrogen-bond acceptors (Lipinski definition) is 5. The van der Waals surface area contributed by atoms with Gasteiger partial charge in [0, 0.05) is 36.3 Å². The van der Waals surface area contributed by atoms with E-state index in [2.05, 4.69) is 45.5 Å². The number of rotatable bonds is 2. The van der Waals surface area contributed by atoms with E-state index >= 15 is 0 Å². The van der Waals surface area contributed by atoms with E-state index in [0.29, 0.717) is 0 Å². The van der Waals surface area contributed by atoms with Gasteiger partial charge < -0.3 is 15.2 Å². The van der Waals surface area contributed by atoms with Crippen molar-refractivity contribution >= 4 is 18.1 Å². The number of carbonyl (C=O) groups excluding carboxylic acids is 1. The maximum atomic E-state index is 12.7. The number of amides is 1. The topological polar surface area (TPSA) is 87.5 Å². The van der Waals surface area contributed by atoms with E-state index < -0.39 is 0 Å². The minimum Gasteiger partial charge on any atom is -0.348 e. The quantitative estimate of drug-likeness (QED) is 0.830. The molecule has 1 aliphatic carbocycles. The molecular formula is C22H22N6O. The largest absolute Gasteiger partial charge is 0.348 e. The summed E-state index contributed by atoms with van der Waals surface area (Å²) in [5.74, 6) is 0.960. The van der Waals surface area contributed by atoms with Crippen molar-refractivity contribution in [3.8, 4) is 6.07 Å². The highest BCUT2D eigenvalue weighted by atomic mass is 16.2. The molecule has 0 radical (unpaired) electrons. The molecule has 2 N–H and O–H groups in total. The number of aromatic nitrogens is 1. The smallest absolute Gasteiger partial charge is 0.237 e. The van der Waals surface area contributed by atoms with Crippen molar-refractivity contribution in [2.75, 3.05) is 18.4 Å². The van der Waals surface area contributed by atoms with Crippen molar-refractivity contribution in [2.45, 2.75) is 37.5 Å². The Morgan fingerprint density at radius 1 is 1.17 bits per heavy atom. The van der Waals surface area contributed by atoms with Crippen molar-refractivity contribution < 1.29 is 4.79 Å². The normalized spacial score (nSPS) is 31.6. The minimum atomic E-state index is -0.0472. The van der Waals surface area contributed by atoms with Crippen LogP contribution in [0.3, 0.4) is 0 Å². The Morgan fingerprint density at radius 3 is 2.79 bits per heavy atom. The average molecular weight is 386 g/mol. The van der Waals surface area contributed by atoms with Crippen molar-refractivity contribution in [1.82, 2.24) is 14.8 Å². The molecule has 6 rings (SSSR count). The van der Waals surface area contributed by atoms with Gasteiger partial charge in [-0.05, 0) is 30.0 Å². The van der Waals surface area contributed by atoms with Crippen LogP contribution in [-0.2, 0) is 4.79 Å². The van der Waals surface area contributed by atoms with Gasteiger partial charge in [-0.2, -0.15) is 5.26 Å². The number of nitrogens with one attached hydrogen (secondary N) is 2. The second-order valence-electron chi connectivity index (χ2n) is 8.43. The molecule has 7 nitrogen and oxygen atoms in total. The van der Waals surface area contributed by atoms with Crippen LogP contribution in [-0.4, -0.2) is 40.1 Å². The molecule has 1 amide bonds. The summed E-state index contributed by atoms with van der Waals surface area (Å²) >= 11 is 0. The van der Waals surface area contributed by atoms with Gasteiger partial charge in [0.25, 0.3) is 0 Å². The molecule has 2 fully saturated rings. The van der Waals surface area contributed by atoms with E-state index in [1.165, 1.54) is 16.7 Å². The Kier molecular flexibility index (Phi) is 3.44. The van der Waals surface area contributed by atoms with Crippen molar-refractivity contribution in [3.63, 3.8) is 0 Å². The predicted molar refractivity (Wildman–Crippen MR) is 108 cm³/mol. The van der Waals surface area contributed by atoms with Crippen LogP contribution in [0.15, 0.2) is 41.5 Å². The maximum Gasteiger partial charge on any atom is 0.237 e. The van der Waals surface area contributed by atoms with Crippen LogP contribution >= 0.6 is 0 Å². The number of likely N-dealkylation sites (tertiary alicyclic amines) is 2. The molecule has 4 atom stereocenters. The number of aromatic amines is 1. The highest BCUT2D eigenvalue weighted by Gasteiger charge is 2.64. The molecule has 0 bridgehead atoms. The number of H-pyrrole nitrogens is 1. The van der Waals surface area contributed by atoms with Crippen LogP contribution in [0.5, 0.6) is 0 Å². The number of hydrogen-bond donors (Lipinski definition) is 2. The van der Waals surface area contributed by atoms with Gasteiger partial charge in [0.1, 0.15) is 18.4 Å². The van der Waals surface area contributed by atoms with E-state index in [1.54, 1.807) is 6.34 Å². The molecule has 7 heteroatoms. The predicted octanol–water partition coefficient (Wildman–Crippen LogP) is 3.10. The van der Waals surface area contributed by atoms with Crippen LogP contribution in [0.4, 0.5) is 5.82 Å². The molecule has 4 aliphatic rings. The molecular weight excluding hydrogens is 364 g/mol. The number of nitrogens with zero attached hydrogens (tertiary/aromatic N) is 4. The standard InChI is InChI=1S/C22H22N6O/c23-9-5-17(29)27-11-7-22-8-12-28(21-16-6-10-24-20(16)25-13-26-21)19(22)15-4-2-1-3-14(15)18(22)27/h1-4,6,10,13,18-19,21,24H,5,7-8,11-12H2,(H,25,26). The first-order valence-corrected chi connectivity index (χ1v) is 10.2. The molecule has 2 saturated heterocycles. The number of aliphatic imine (C=N–C) groups is 1. The zero-order chi connectivity index (χ0) is 19.6. The molecule has 4 heterocycles. The van der Waals surface area contributed by atoms with Crippen LogP contribution in [0.2, 0.25) is 0 Å². The second kappa shape index (κ2) is 5.94. The third-order valence-corrected chi connectivity index (χ3v) is 7.32. The van der Waals surface area contributed by atoms with Crippen molar-refractivity contribution in [2.24, 2.45) is 10.4 Å². The van der Waals surface area contributed by atoms with Crippen molar-refractivity contribution in [1.29, 1.82) is 5.26 Å². The molecule has 3 aliphatic heterocycles. The fourth-order valence-corrected chi connectivity index (χ4v) is 6.30. The van der Waals surface area contributed by atoms with Crippen LogP contribution in [0, 0.1) is 16.7 Å². The molecule has 146 valence electrons. The van der Waals surface area contributed by atoms with Gasteiger partial charge in [-0.1, -0.05) is 24.3 Å². The van der Waals surface area contributed by atoms with E-state index in [4.69, 9.17) is 10.3 Å². The van der Waals surface area contributed by atoms with Gasteiger partial charge in [0.2, 0.25) is 5.91 Å². The van der Waals surface area contributed by atoms with E-state index in [0.717, 1.165) is 31.7 Å². The monoisotopic (exact) mass is 386 g/mol. The molecule has 1 aromatic heterocycles. The van der Waals surface area contributed by atoms with E-state index in [1.807, 2.05) is 17.2 Å². The Hall–Kier alpha value is -3.11. The molecule has 2 aromatic rings. The maximum absolute atomic E-state index is 12.7. The fraction of sp³-hybridized carbons (Fsp3) is 0.409. The molecule has 1 aromatic carbocycles. The Labute approximate surface area is 169 Å². The molecule has 4 unspecified atom stereocenters. The highest BCUT2D eigenvalue weighted by molar-refractivity contribution is 5.80.